The van der Waals surface area contributed by atoms with E-state index in [1.165, 1.54) is 0 Å². The van der Waals surface area contributed by atoms with Gasteiger partial charge in [-0.2, -0.15) is 0 Å². The number of amides is 1. The van der Waals surface area contributed by atoms with E-state index in [-0.39, 0.29) is 11.8 Å². The summed E-state index contributed by atoms with van der Waals surface area (Å²) in [6.07, 6.45) is 0.259. The molecule has 0 spiro atoms. The van der Waals surface area contributed by atoms with Crippen molar-refractivity contribution in [2.45, 2.75) is 58.7 Å². The molecule has 0 heterocycles. The van der Waals surface area contributed by atoms with Gasteiger partial charge in [-0.05, 0) is 26.7 Å². The lowest BCUT2D eigenvalue weighted by Crippen LogP contribution is -2.56. The molecule has 0 fully saturated rings. The Balaban J connectivity index is 4.37. The van der Waals surface area contributed by atoms with Crippen LogP contribution in [-0.2, 0) is 4.79 Å². The first kappa shape index (κ1) is 14.4. The molecular weight excluding hydrogens is 192 g/mol. The lowest BCUT2D eigenvalue weighted by molar-refractivity contribution is -0.126. The van der Waals surface area contributed by atoms with Gasteiger partial charge in [-0.3, -0.25) is 4.79 Å². The molecule has 0 aromatic carbocycles. The van der Waals surface area contributed by atoms with E-state index in [2.05, 4.69) is 5.32 Å². The highest BCUT2D eigenvalue weighted by atomic mass is 16.3. The maximum atomic E-state index is 11.7. The second kappa shape index (κ2) is 5.47. The van der Waals surface area contributed by atoms with Crippen LogP contribution in [0.3, 0.4) is 0 Å². The molecule has 0 saturated carbocycles. The molecule has 4 nitrogen and oxygen atoms in total. The molecule has 0 aliphatic rings. The van der Waals surface area contributed by atoms with Gasteiger partial charge in [0, 0.05) is 0 Å². The van der Waals surface area contributed by atoms with Crippen molar-refractivity contribution in [1.29, 1.82) is 0 Å². The van der Waals surface area contributed by atoms with E-state index < -0.39 is 17.7 Å². The molecule has 0 aromatic rings. The number of nitrogens with one attached hydrogen (secondary N) is 1. The van der Waals surface area contributed by atoms with Gasteiger partial charge in [-0.1, -0.05) is 20.3 Å². The fourth-order valence-corrected chi connectivity index (χ4v) is 1.02. The maximum absolute atomic E-state index is 11.7. The van der Waals surface area contributed by atoms with Crippen molar-refractivity contribution in [3.63, 3.8) is 0 Å². The van der Waals surface area contributed by atoms with Crippen LogP contribution >= 0.6 is 0 Å². The van der Waals surface area contributed by atoms with Crippen LogP contribution in [-0.4, -0.2) is 28.7 Å². The molecule has 4 heteroatoms. The van der Waals surface area contributed by atoms with Gasteiger partial charge >= 0.3 is 0 Å². The largest absolute Gasteiger partial charge is 0.391 e. The lowest BCUT2D eigenvalue weighted by atomic mass is 9.95. The molecule has 0 aliphatic carbocycles. The van der Waals surface area contributed by atoms with Crippen LogP contribution in [0.2, 0.25) is 0 Å². The van der Waals surface area contributed by atoms with E-state index in [0.717, 1.165) is 6.42 Å². The van der Waals surface area contributed by atoms with Gasteiger partial charge in [0.25, 0.3) is 0 Å². The number of rotatable bonds is 5. The SMILES string of the molecule is CCC(C)[C@H](N)C(=O)NC(C)(C)C(C)O. The highest BCUT2D eigenvalue weighted by Gasteiger charge is 2.29. The van der Waals surface area contributed by atoms with E-state index >= 15 is 0 Å². The summed E-state index contributed by atoms with van der Waals surface area (Å²) in [4.78, 5) is 11.7. The number of aliphatic hydroxyl groups is 1. The van der Waals surface area contributed by atoms with Crippen LogP contribution in [0, 0.1) is 5.92 Å². The standard InChI is InChI=1S/C11H24N2O2/c1-6-7(2)9(12)10(15)13-11(4,5)8(3)14/h7-9,14H,6,12H2,1-5H3,(H,13,15)/t7?,8?,9-/m0/s1. The van der Waals surface area contributed by atoms with Crippen LogP contribution in [0.1, 0.15) is 41.0 Å². The molecule has 1 amide bonds. The minimum atomic E-state index is -0.637. The van der Waals surface area contributed by atoms with Gasteiger partial charge in [0.2, 0.25) is 5.91 Å². The Morgan fingerprint density at radius 2 is 1.93 bits per heavy atom. The van der Waals surface area contributed by atoms with E-state index in [1.807, 2.05) is 13.8 Å². The molecule has 4 N–H and O–H groups in total. The molecule has 0 bridgehead atoms. The smallest absolute Gasteiger partial charge is 0.237 e. The first-order valence-corrected chi connectivity index (χ1v) is 5.48. The van der Waals surface area contributed by atoms with Gasteiger partial charge in [0.15, 0.2) is 0 Å². The zero-order valence-corrected chi connectivity index (χ0v) is 10.4. The summed E-state index contributed by atoms with van der Waals surface area (Å²) < 4.78 is 0. The van der Waals surface area contributed by atoms with Gasteiger partial charge < -0.3 is 16.2 Å². The molecule has 2 unspecified atom stereocenters. The van der Waals surface area contributed by atoms with E-state index in [1.54, 1.807) is 20.8 Å². The Labute approximate surface area is 92.2 Å². The summed E-state index contributed by atoms with van der Waals surface area (Å²) in [5, 5.41) is 12.2. The van der Waals surface area contributed by atoms with Gasteiger partial charge in [-0.15, -0.1) is 0 Å². The third kappa shape index (κ3) is 4.18. The first-order chi connectivity index (χ1) is 6.72. The number of nitrogens with two attached hydrogens (primary N) is 1. The van der Waals surface area contributed by atoms with Crippen LogP contribution in [0.15, 0.2) is 0 Å². The highest BCUT2D eigenvalue weighted by Crippen LogP contribution is 2.11. The third-order valence-corrected chi connectivity index (χ3v) is 3.05. The summed E-state index contributed by atoms with van der Waals surface area (Å²) in [7, 11) is 0. The zero-order valence-electron chi connectivity index (χ0n) is 10.4. The first-order valence-electron chi connectivity index (χ1n) is 5.48. The predicted molar refractivity (Wildman–Crippen MR) is 61.3 cm³/mol. The molecule has 90 valence electrons. The van der Waals surface area contributed by atoms with E-state index in [0.29, 0.717) is 0 Å². The highest BCUT2D eigenvalue weighted by molar-refractivity contribution is 5.82. The normalized spacial score (nSPS) is 18.1. The van der Waals surface area contributed by atoms with Gasteiger partial charge in [-0.25, -0.2) is 0 Å². The minimum absolute atomic E-state index is 0.148. The molecule has 3 atom stereocenters. The van der Waals surface area contributed by atoms with E-state index in [9.17, 15) is 9.90 Å². The van der Waals surface area contributed by atoms with Gasteiger partial charge in [0.1, 0.15) is 0 Å². The van der Waals surface area contributed by atoms with Crippen LogP contribution in [0.5, 0.6) is 0 Å². The molecule has 0 saturated heterocycles. The average Bonchev–Trinajstić information content (AvgIpc) is 2.14. The van der Waals surface area contributed by atoms with Crippen molar-refractivity contribution in [2.75, 3.05) is 0 Å². The van der Waals surface area contributed by atoms with Crippen molar-refractivity contribution in [3.8, 4) is 0 Å². The fourth-order valence-electron chi connectivity index (χ4n) is 1.02. The molecule has 0 rings (SSSR count). The van der Waals surface area contributed by atoms with Crippen LogP contribution < -0.4 is 11.1 Å². The number of carbonyl (C=O) groups excluding carboxylic acids is 1. The maximum Gasteiger partial charge on any atom is 0.237 e. The number of carbonyl (C=O) groups is 1. The van der Waals surface area contributed by atoms with Crippen molar-refractivity contribution in [3.05, 3.63) is 0 Å². The second-order valence-corrected chi connectivity index (χ2v) is 4.80. The van der Waals surface area contributed by atoms with Crippen LogP contribution in [0.25, 0.3) is 0 Å². The summed E-state index contributed by atoms with van der Waals surface area (Å²) in [6.45, 7) is 9.14. The Morgan fingerprint density at radius 3 is 2.27 bits per heavy atom. The molecule has 0 aliphatic heterocycles. The predicted octanol–water partition coefficient (Wildman–Crippen LogP) is 0.635. The summed E-state index contributed by atoms with van der Waals surface area (Å²) in [6, 6.07) is -0.506. The van der Waals surface area contributed by atoms with Gasteiger partial charge in [0.05, 0.1) is 17.7 Å². The number of hydrogen-bond donors (Lipinski definition) is 3. The van der Waals surface area contributed by atoms with Crippen LogP contribution in [0.4, 0.5) is 0 Å². The fraction of sp³-hybridized carbons (Fsp3) is 0.909. The monoisotopic (exact) mass is 216 g/mol. The minimum Gasteiger partial charge on any atom is -0.391 e. The van der Waals surface area contributed by atoms with Crippen molar-refractivity contribution in [2.24, 2.45) is 11.7 Å². The summed E-state index contributed by atoms with van der Waals surface area (Å²) >= 11 is 0. The Kier molecular flexibility index (Phi) is 5.24. The lowest BCUT2D eigenvalue weighted by Gasteiger charge is -2.31. The third-order valence-electron chi connectivity index (χ3n) is 3.05. The quantitative estimate of drug-likeness (QED) is 0.631. The topological polar surface area (TPSA) is 75.4 Å². The van der Waals surface area contributed by atoms with E-state index in [4.69, 9.17) is 5.73 Å². The number of hydrogen-bond acceptors (Lipinski definition) is 3. The molecule has 0 aromatic heterocycles. The summed E-state index contributed by atoms with van der Waals surface area (Å²) in [5.74, 6) is -0.0509. The molecule has 15 heavy (non-hydrogen) atoms. The van der Waals surface area contributed by atoms with Crippen molar-refractivity contribution < 1.29 is 9.90 Å². The van der Waals surface area contributed by atoms with Crippen molar-refractivity contribution in [1.82, 2.24) is 5.32 Å². The molecular formula is C11H24N2O2. The Bertz CT molecular complexity index is 215. The average molecular weight is 216 g/mol. The number of aliphatic hydroxyl groups excluding tert-OH is 1. The summed E-state index contributed by atoms with van der Waals surface area (Å²) in [5.41, 5.74) is 5.15. The molecule has 0 radical (unpaired) electrons. The Morgan fingerprint density at radius 1 is 1.47 bits per heavy atom. The Hall–Kier alpha value is -0.610. The zero-order chi connectivity index (χ0) is 12.2. The second-order valence-electron chi connectivity index (χ2n) is 4.80. The van der Waals surface area contributed by atoms with Crippen molar-refractivity contribution >= 4 is 5.91 Å².